The van der Waals surface area contributed by atoms with E-state index in [-0.39, 0.29) is 11.5 Å². The lowest BCUT2D eigenvalue weighted by molar-refractivity contribution is 0.0762. The number of aromatic amines is 1. The molecule has 2 aromatic heterocycles. The van der Waals surface area contributed by atoms with Crippen molar-refractivity contribution in [3.8, 4) is 11.4 Å². The van der Waals surface area contributed by atoms with Crippen molar-refractivity contribution < 1.29 is 14.0 Å². The van der Waals surface area contributed by atoms with E-state index in [0.717, 1.165) is 49.6 Å². The summed E-state index contributed by atoms with van der Waals surface area (Å²) in [6, 6.07) is 6.30. The van der Waals surface area contributed by atoms with Crippen LogP contribution in [0.25, 0.3) is 11.4 Å². The minimum atomic E-state index is -0.419. The van der Waals surface area contributed by atoms with Crippen LogP contribution in [0.2, 0.25) is 0 Å². The zero-order valence-corrected chi connectivity index (χ0v) is 18.8. The third-order valence-electron chi connectivity index (χ3n) is 6.54. The lowest BCUT2D eigenvalue weighted by Crippen LogP contribution is -2.34. The van der Waals surface area contributed by atoms with E-state index in [0.29, 0.717) is 29.9 Å². The Morgan fingerprint density at radius 2 is 1.94 bits per heavy atom. The number of carbonyl (C=O) groups excluding carboxylic acids is 2. The molecule has 1 saturated heterocycles. The van der Waals surface area contributed by atoms with E-state index in [1.54, 1.807) is 19.1 Å². The molecule has 0 aliphatic carbocycles. The van der Waals surface area contributed by atoms with Crippen LogP contribution in [0.4, 0.5) is 10.2 Å². The van der Waals surface area contributed by atoms with Crippen LogP contribution in [-0.4, -0.2) is 69.6 Å². The summed E-state index contributed by atoms with van der Waals surface area (Å²) >= 11 is 0. The lowest BCUT2D eigenvalue weighted by Gasteiger charge is -2.19. The van der Waals surface area contributed by atoms with Crippen molar-refractivity contribution in [2.75, 3.05) is 38.5 Å². The highest BCUT2D eigenvalue weighted by Gasteiger charge is 2.27. The topological polar surface area (TPSA) is 86.3 Å². The Kier molecular flexibility index (Phi) is 5.49. The number of nitrogens with zero attached hydrogens (tertiary/aromatic N) is 4. The summed E-state index contributed by atoms with van der Waals surface area (Å²) in [5.41, 5.74) is 3.95. The Hall–Kier alpha value is -3.46. The number of benzene rings is 1. The van der Waals surface area contributed by atoms with Crippen LogP contribution in [-0.2, 0) is 13.0 Å². The van der Waals surface area contributed by atoms with Crippen LogP contribution in [0, 0.1) is 12.7 Å². The average molecular weight is 451 g/mol. The van der Waals surface area contributed by atoms with Crippen LogP contribution >= 0.6 is 0 Å². The number of nitrogens with one attached hydrogen (secondary N) is 2. The van der Waals surface area contributed by atoms with E-state index in [2.05, 4.69) is 32.0 Å². The molecule has 8 nitrogen and oxygen atoms in total. The molecule has 0 saturated carbocycles. The van der Waals surface area contributed by atoms with Gasteiger partial charge in [-0.05, 0) is 57.1 Å². The molecule has 4 heterocycles. The number of H-pyrrole nitrogens is 1. The molecule has 0 unspecified atom stereocenters. The first-order chi connectivity index (χ1) is 15.9. The zero-order valence-electron chi connectivity index (χ0n) is 18.8. The second-order valence-corrected chi connectivity index (χ2v) is 8.85. The number of amides is 2. The third-order valence-corrected chi connectivity index (χ3v) is 6.54. The van der Waals surface area contributed by atoms with Crippen molar-refractivity contribution in [3.63, 3.8) is 0 Å². The molecule has 5 rings (SSSR count). The number of carbonyl (C=O) groups is 2. The summed E-state index contributed by atoms with van der Waals surface area (Å²) < 4.78 is 15.9. The fraction of sp³-hybridized carbons (Fsp3) is 0.375. The van der Waals surface area contributed by atoms with Crippen molar-refractivity contribution >= 4 is 17.6 Å². The van der Waals surface area contributed by atoms with Gasteiger partial charge in [-0.15, -0.1) is 0 Å². The molecule has 172 valence electrons. The highest BCUT2D eigenvalue weighted by atomic mass is 19.1. The molecular weight excluding hydrogens is 423 g/mol. The van der Waals surface area contributed by atoms with Crippen molar-refractivity contribution in [3.05, 3.63) is 58.5 Å². The van der Waals surface area contributed by atoms with E-state index in [4.69, 9.17) is 0 Å². The van der Waals surface area contributed by atoms with Gasteiger partial charge in [0.15, 0.2) is 5.82 Å². The fourth-order valence-corrected chi connectivity index (χ4v) is 4.52. The van der Waals surface area contributed by atoms with Crippen molar-refractivity contribution in [1.82, 2.24) is 24.6 Å². The van der Waals surface area contributed by atoms with Gasteiger partial charge in [0, 0.05) is 43.5 Å². The Labute approximate surface area is 191 Å². The van der Waals surface area contributed by atoms with E-state index in [1.165, 1.54) is 6.07 Å². The van der Waals surface area contributed by atoms with Gasteiger partial charge in [-0.2, -0.15) is 5.10 Å². The maximum atomic E-state index is 13.9. The van der Waals surface area contributed by atoms with Crippen molar-refractivity contribution in [2.45, 2.75) is 26.3 Å². The molecule has 0 radical (unpaired) electrons. The van der Waals surface area contributed by atoms with Gasteiger partial charge < -0.3 is 19.7 Å². The minimum Gasteiger partial charge on any atom is -0.345 e. The number of hydrogen-bond acceptors (Lipinski definition) is 4. The van der Waals surface area contributed by atoms with Crippen LogP contribution in [0.5, 0.6) is 0 Å². The third kappa shape index (κ3) is 4.04. The van der Waals surface area contributed by atoms with Crippen LogP contribution in [0.1, 0.15) is 38.3 Å². The molecule has 1 fully saturated rings. The lowest BCUT2D eigenvalue weighted by atomic mass is 10.1. The maximum Gasteiger partial charge on any atom is 0.256 e. The average Bonchev–Trinajstić information content (AvgIpc) is 3.34. The largest absolute Gasteiger partial charge is 0.345 e. The predicted octanol–water partition coefficient (Wildman–Crippen LogP) is 2.91. The number of halogens is 1. The molecule has 2 N–H and O–H groups in total. The highest BCUT2D eigenvalue weighted by molar-refractivity contribution is 6.04. The molecule has 2 amide bonds. The molecule has 33 heavy (non-hydrogen) atoms. The molecule has 0 bridgehead atoms. The quantitative estimate of drug-likeness (QED) is 0.643. The number of rotatable bonds is 3. The fourth-order valence-electron chi connectivity index (χ4n) is 4.52. The maximum absolute atomic E-state index is 13.9. The zero-order chi connectivity index (χ0) is 23.1. The Bertz CT molecular complexity index is 1230. The number of anilines is 1. The van der Waals surface area contributed by atoms with Gasteiger partial charge >= 0.3 is 0 Å². The predicted molar refractivity (Wildman–Crippen MR) is 123 cm³/mol. The second kappa shape index (κ2) is 8.47. The van der Waals surface area contributed by atoms with Crippen molar-refractivity contribution in [2.24, 2.45) is 0 Å². The molecule has 3 aromatic rings. The minimum absolute atomic E-state index is 0.0446. The van der Waals surface area contributed by atoms with Crippen LogP contribution in [0.3, 0.4) is 0 Å². The van der Waals surface area contributed by atoms with E-state index >= 15 is 0 Å². The van der Waals surface area contributed by atoms with Gasteiger partial charge in [0.2, 0.25) is 0 Å². The first-order valence-corrected chi connectivity index (χ1v) is 11.2. The van der Waals surface area contributed by atoms with Gasteiger partial charge in [-0.25, -0.2) is 4.39 Å². The summed E-state index contributed by atoms with van der Waals surface area (Å²) in [6.45, 7) is 5.69. The van der Waals surface area contributed by atoms with E-state index < -0.39 is 11.7 Å². The molecule has 9 heteroatoms. The van der Waals surface area contributed by atoms with E-state index in [1.807, 2.05) is 17.2 Å². The summed E-state index contributed by atoms with van der Waals surface area (Å²) in [7, 11) is 2.08. The van der Waals surface area contributed by atoms with Gasteiger partial charge in [0.1, 0.15) is 5.82 Å². The monoisotopic (exact) mass is 450 g/mol. The molecule has 0 spiro atoms. The Morgan fingerprint density at radius 3 is 2.76 bits per heavy atom. The molecule has 2 aliphatic heterocycles. The highest BCUT2D eigenvalue weighted by Crippen LogP contribution is 2.34. The molecule has 0 atom stereocenters. The van der Waals surface area contributed by atoms with Crippen LogP contribution < -0.4 is 5.32 Å². The number of hydrogen-bond donors (Lipinski definition) is 2. The number of aryl methyl sites for hydroxylation is 2. The first kappa shape index (κ1) is 21.4. The van der Waals surface area contributed by atoms with Gasteiger partial charge in [-0.3, -0.25) is 14.7 Å². The number of aromatic nitrogens is 3. The Balaban J connectivity index is 1.36. The normalized spacial score (nSPS) is 16.2. The van der Waals surface area contributed by atoms with Gasteiger partial charge in [0.05, 0.1) is 17.0 Å². The summed E-state index contributed by atoms with van der Waals surface area (Å²) in [4.78, 5) is 29.9. The first-order valence-electron chi connectivity index (χ1n) is 11.2. The molecule has 2 aliphatic rings. The second-order valence-electron chi connectivity index (χ2n) is 8.85. The molecular formula is C24H27FN6O2. The van der Waals surface area contributed by atoms with Gasteiger partial charge in [0.25, 0.3) is 11.8 Å². The van der Waals surface area contributed by atoms with Crippen LogP contribution in [0.15, 0.2) is 30.5 Å². The molecule has 1 aromatic carbocycles. The van der Waals surface area contributed by atoms with E-state index in [9.17, 15) is 14.0 Å². The smallest absolute Gasteiger partial charge is 0.256 e. The van der Waals surface area contributed by atoms with Gasteiger partial charge in [-0.1, -0.05) is 6.07 Å². The number of fused-ring (bicyclic) bond motifs is 3. The summed E-state index contributed by atoms with van der Waals surface area (Å²) in [5, 5.41) is 10.1. The Morgan fingerprint density at radius 1 is 1.09 bits per heavy atom. The van der Waals surface area contributed by atoms with Crippen molar-refractivity contribution in [1.29, 1.82) is 0 Å². The summed E-state index contributed by atoms with van der Waals surface area (Å²) in [5.74, 6) is -0.348. The number of likely N-dealkylation sites (N-methyl/N-ethyl adjacent to an activating group) is 1. The SMILES string of the molecule is Cc1ccc(C(=O)Nc2n[nH]c3c2CCn2cc(C(=O)N4CCCN(C)CC4)cc2-3)cc1F. The summed E-state index contributed by atoms with van der Waals surface area (Å²) in [6.07, 6.45) is 3.53. The standard InChI is InChI=1S/C24H27FN6O2/c1-15-4-5-16(12-19(15)25)23(32)26-22-18-6-9-31-14-17(13-20(31)21(18)27-28-22)24(33)30-8-3-7-29(2)10-11-30/h4-5,12-14H,3,6-11H2,1-2H3,(H2,26,27,28,32).